The van der Waals surface area contributed by atoms with Crippen molar-refractivity contribution in [2.24, 2.45) is 17.3 Å². The molecule has 3 heteroatoms. The summed E-state index contributed by atoms with van der Waals surface area (Å²) in [6.45, 7) is 6.40. The quantitative estimate of drug-likeness (QED) is 0.796. The number of unbranched alkanes of at least 4 members (excludes halogenated alkanes) is 1. The molecule has 1 N–H and O–H groups in total. The molecule has 1 aliphatic carbocycles. The Morgan fingerprint density at radius 1 is 1.32 bits per heavy atom. The van der Waals surface area contributed by atoms with Gasteiger partial charge in [0.05, 0.1) is 11.5 Å². The number of rotatable bonds is 6. The molecular formula is C16H28N2O. The van der Waals surface area contributed by atoms with E-state index in [0.29, 0.717) is 6.54 Å². The minimum Gasteiger partial charge on any atom is -0.354 e. The molecular weight excluding hydrogens is 236 g/mol. The third-order valence-corrected chi connectivity index (χ3v) is 4.19. The van der Waals surface area contributed by atoms with Crippen LogP contribution in [0.5, 0.6) is 0 Å². The predicted molar refractivity (Wildman–Crippen MR) is 77.4 cm³/mol. The van der Waals surface area contributed by atoms with Crippen molar-refractivity contribution in [3.05, 3.63) is 0 Å². The smallest absolute Gasteiger partial charge is 0.223 e. The molecule has 0 aliphatic heterocycles. The fourth-order valence-corrected chi connectivity index (χ4v) is 2.70. The van der Waals surface area contributed by atoms with Gasteiger partial charge < -0.3 is 5.32 Å². The number of nitrogens with zero attached hydrogens (tertiary/aromatic N) is 1. The molecule has 0 atom stereocenters. The molecule has 1 amide bonds. The van der Waals surface area contributed by atoms with Crippen LogP contribution in [0.15, 0.2) is 0 Å². The monoisotopic (exact) mass is 264 g/mol. The summed E-state index contributed by atoms with van der Waals surface area (Å²) in [7, 11) is 0. The first-order valence-electron chi connectivity index (χ1n) is 7.67. The second-order valence-corrected chi connectivity index (χ2v) is 6.57. The van der Waals surface area contributed by atoms with E-state index >= 15 is 0 Å². The Morgan fingerprint density at radius 2 is 1.95 bits per heavy atom. The molecule has 108 valence electrons. The van der Waals surface area contributed by atoms with Gasteiger partial charge in [0.25, 0.3) is 0 Å². The van der Waals surface area contributed by atoms with Crippen LogP contribution in [0, 0.1) is 28.6 Å². The van der Waals surface area contributed by atoms with E-state index in [1.807, 2.05) is 13.8 Å². The maximum absolute atomic E-state index is 12.1. The minimum atomic E-state index is -0.464. The third kappa shape index (κ3) is 5.63. The normalized spacial score (nSPS) is 23.7. The largest absolute Gasteiger partial charge is 0.354 e. The lowest BCUT2D eigenvalue weighted by Crippen LogP contribution is -2.38. The molecule has 0 spiro atoms. The molecule has 0 bridgehead atoms. The van der Waals surface area contributed by atoms with Crippen molar-refractivity contribution in [3.8, 4) is 6.07 Å². The number of hydrogen-bond donors (Lipinski definition) is 1. The van der Waals surface area contributed by atoms with Gasteiger partial charge in [0.2, 0.25) is 5.91 Å². The molecule has 1 rings (SSSR count). The van der Waals surface area contributed by atoms with Crippen LogP contribution in [0.2, 0.25) is 0 Å². The molecule has 0 aromatic heterocycles. The molecule has 1 aliphatic rings. The summed E-state index contributed by atoms with van der Waals surface area (Å²) in [5.41, 5.74) is -0.464. The van der Waals surface area contributed by atoms with Gasteiger partial charge in [0.15, 0.2) is 0 Å². The van der Waals surface area contributed by atoms with E-state index < -0.39 is 5.41 Å². The Bertz CT molecular complexity index is 322. The number of carbonyl (C=O) groups is 1. The molecule has 0 unspecified atom stereocenters. The summed E-state index contributed by atoms with van der Waals surface area (Å²) < 4.78 is 0. The Labute approximate surface area is 117 Å². The summed E-state index contributed by atoms with van der Waals surface area (Å²) in [6, 6.07) is 2.22. The van der Waals surface area contributed by atoms with Crippen molar-refractivity contribution in [1.29, 1.82) is 5.26 Å². The van der Waals surface area contributed by atoms with Crippen molar-refractivity contribution in [2.75, 3.05) is 6.54 Å². The van der Waals surface area contributed by atoms with E-state index in [4.69, 9.17) is 5.26 Å². The predicted octanol–water partition coefficient (Wildman–Crippen LogP) is 3.65. The van der Waals surface area contributed by atoms with E-state index in [1.54, 1.807) is 0 Å². The van der Waals surface area contributed by atoms with E-state index in [0.717, 1.165) is 18.8 Å². The number of nitrogens with one attached hydrogen (secondary N) is 1. The van der Waals surface area contributed by atoms with Gasteiger partial charge in [-0.25, -0.2) is 0 Å². The number of carbonyl (C=O) groups excluding carboxylic acids is 1. The van der Waals surface area contributed by atoms with Gasteiger partial charge in [-0.1, -0.05) is 26.2 Å². The van der Waals surface area contributed by atoms with E-state index in [1.165, 1.54) is 32.1 Å². The van der Waals surface area contributed by atoms with Gasteiger partial charge in [0, 0.05) is 12.5 Å². The summed E-state index contributed by atoms with van der Waals surface area (Å²) in [4.78, 5) is 12.1. The maximum atomic E-state index is 12.1. The first-order valence-corrected chi connectivity index (χ1v) is 7.67. The van der Waals surface area contributed by atoms with Gasteiger partial charge in [-0.05, 0) is 45.4 Å². The third-order valence-electron chi connectivity index (χ3n) is 4.19. The van der Waals surface area contributed by atoms with Gasteiger partial charge in [-0.15, -0.1) is 0 Å². The van der Waals surface area contributed by atoms with Gasteiger partial charge in [0.1, 0.15) is 0 Å². The zero-order valence-electron chi connectivity index (χ0n) is 12.7. The standard InChI is InChI=1S/C16H28N2O/c1-4-5-6-13-7-9-14(10-8-13)15(19)18-12-16(2,3)11-17/h13-14H,4-10,12H2,1-3H3,(H,18,19). The second-order valence-electron chi connectivity index (χ2n) is 6.57. The number of hydrogen-bond acceptors (Lipinski definition) is 2. The fourth-order valence-electron chi connectivity index (χ4n) is 2.70. The van der Waals surface area contributed by atoms with Crippen LogP contribution in [0.3, 0.4) is 0 Å². The summed E-state index contributed by atoms with van der Waals surface area (Å²) in [5.74, 6) is 1.16. The molecule has 1 fully saturated rings. The Balaban J connectivity index is 2.27. The lowest BCUT2D eigenvalue weighted by molar-refractivity contribution is -0.126. The number of nitriles is 1. The molecule has 0 heterocycles. The van der Waals surface area contributed by atoms with Crippen LogP contribution in [0.4, 0.5) is 0 Å². The summed E-state index contributed by atoms with van der Waals surface area (Å²) >= 11 is 0. The zero-order valence-corrected chi connectivity index (χ0v) is 12.7. The van der Waals surface area contributed by atoms with Crippen molar-refractivity contribution in [2.45, 2.75) is 65.7 Å². The highest BCUT2D eigenvalue weighted by Crippen LogP contribution is 2.32. The lowest BCUT2D eigenvalue weighted by Gasteiger charge is -2.28. The van der Waals surface area contributed by atoms with Gasteiger partial charge in [-0.2, -0.15) is 5.26 Å². The van der Waals surface area contributed by atoms with Gasteiger partial charge in [-0.3, -0.25) is 4.79 Å². The highest BCUT2D eigenvalue weighted by atomic mass is 16.1. The van der Waals surface area contributed by atoms with Crippen molar-refractivity contribution in [3.63, 3.8) is 0 Å². The van der Waals surface area contributed by atoms with Crippen LogP contribution in [-0.4, -0.2) is 12.5 Å². The lowest BCUT2D eigenvalue weighted by atomic mass is 9.79. The topological polar surface area (TPSA) is 52.9 Å². The van der Waals surface area contributed by atoms with Gasteiger partial charge >= 0.3 is 0 Å². The molecule has 1 saturated carbocycles. The average Bonchev–Trinajstić information content (AvgIpc) is 2.43. The van der Waals surface area contributed by atoms with Crippen LogP contribution in [0.1, 0.15) is 65.7 Å². The average molecular weight is 264 g/mol. The van der Waals surface area contributed by atoms with Crippen LogP contribution in [-0.2, 0) is 4.79 Å². The Hall–Kier alpha value is -1.04. The summed E-state index contributed by atoms with van der Waals surface area (Å²) in [6.07, 6.45) is 8.34. The van der Waals surface area contributed by atoms with Crippen LogP contribution >= 0.6 is 0 Å². The van der Waals surface area contributed by atoms with Crippen LogP contribution < -0.4 is 5.32 Å². The van der Waals surface area contributed by atoms with E-state index in [2.05, 4.69) is 18.3 Å². The molecule has 19 heavy (non-hydrogen) atoms. The molecule has 0 saturated heterocycles. The Kier molecular flexibility index (Phi) is 6.34. The highest BCUT2D eigenvalue weighted by Gasteiger charge is 2.27. The molecule has 0 radical (unpaired) electrons. The summed E-state index contributed by atoms with van der Waals surface area (Å²) in [5, 5.41) is 11.9. The molecule has 0 aromatic carbocycles. The van der Waals surface area contributed by atoms with Crippen molar-refractivity contribution < 1.29 is 4.79 Å². The van der Waals surface area contributed by atoms with Crippen molar-refractivity contribution in [1.82, 2.24) is 5.32 Å². The first kappa shape index (κ1) is 16.0. The maximum Gasteiger partial charge on any atom is 0.223 e. The van der Waals surface area contributed by atoms with E-state index in [9.17, 15) is 4.79 Å². The SMILES string of the molecule is CCCCC1CCC(C(=O)NCC(C)(C)C#N)CC1. The van der Waals surface area contributed by atoms with E-state index in [-0.39, 0.29) is 11.8 Å². The highest BCUT2D eigenvalue weighted by molar-refractivity contribution is 5.78. The second kappa shape index (κ2) is 7.53. The zero-order chi connectivity index (χ0) is 14.3. The fraction of sp³-hybridized carbons (Fsp3) is 0.875. The molecule has 0 aromatic rings. The van der Waals surface area contributed by atoms with Crippen molar-refractivity contribution >= 4 is 5.91 Å². The minimum absolute atomic E-state index is 0.150. The van der Waals surface area contributed by atoms with Crippen LogP contribution in [0.25, 0.3) is 0 Å². The Morgan fingerprint density at radius 3 is 2.47 bits per heavy atom. The number of amides is 1. The molecule has 3 nitrogen and oxygen atoms in total. The first-order chi connectivity index (χ1) is 8.98.